The molecule has 5 nitrogen and oxygen atoms in total. The fourth-order valence-corrected chi connectivity index (χ4v) is 3.46. The highest BCUT2D eigenvalue weighted by Crippen LogP contribution is 2.20. The van der Waals surface area contributed by atoms with Gasteiger partial charge in [0.2, 0.25) is 5.91 Å². The van der Waals surface area contributed by atoms with Crippen molar-refractivity contribution in [3.8, 4) is 0 Å². The Hall–Kier alpha value is -1.56. The zero-order valence-corrected chi connectivity index (χ0v) is 16.3. The zero-order chi connectivity index (χ0) is 17.5. The number of hydrogen-bond donors (Lipinski definition) is 2. The van der Waals surface area contributed by atoms with Crippen LogP contribution >= 0.6 is 15.9 Å². The van der Waals surface area contributed by atoms with Crippen molar-refractivity contribution in [2.24, 2.45) is 10.9 Å². The van der Waals surface area contributed by atoms with Crippen LogP contribution in [0.15, 0.2) is 27.7 Å². The summed E-state index contributed by atoms with van der Waals surface area (Å²) in [7, 11) is 1.80. The Morgan fingerprint density at radius 2 is 2.25 bits per heavy atom. The average Bonchev–Trinajstić information content (AvgIpc) is 2.54. The molecule has 0 radical (unpaired) electrons. The van der Waals surface area contributed by atoms with Crippen LogP contribution in [0.4, 0.5) is 5.69 Å². The highest BCUT2D eigenvalue weighted by atomic mass is 79.9. The van der Waals surface area contributed by atoms with Gasteiger partial charge in [-0.3, -0.25) is 9.79 Å². The molecule has 1 aliphatic rings. The van der Waals surface area contributed by atoms with Crippen LogP contribution in [0.5, 0.6) is 0 Å². The second-order valence-corrected chi connectivity index (χ2v) is 7.34. The fourth-order valence-electron chi connectivity index (χ4n) is 2.98. The van der Waals surface area contributed by atoms with Gasteiger partial charge in [0.1, 0.15) is 0 Å². The molecule has 1 saturated heterocycles. The number of halogens is 1. The molecule has 1 aromatic rings. The Morgan fingerprint density at radius 1 is 1.46 bits per heavy atom. The molecule has 1 heterocycles. The lowest BCUT2D eigenvalue weighted by Crippen LogP contribution is -2.46. The van der Waals surface area contributed by atoms with Crippen LogP contribution in [0.3, 0.4) is 0 Å². The molecule has 24 heavy (non-hydrogen) atoms. The number of aliphatic imine (C=N–C) groups is 1. The second kappa shape index (κ2) is 9.06. The number of guanidine groups is 1. The van der Waals surface area contributed by atoms with Crippen molar-refractivity contribution in [2.45, 2.75) is 33.1 Å². The van der Waals surface area contributed by atoms with Gasteiger partial charge in [-0.05, 0) is 49.4 Å². The van der Waals surface area contributed by atoms with Crippen LogP contribution in [-0.4, -0.2) is 43.4 Å². The summed E-state index contributed by atoms with van der Waals surface area (Å²) in [4.78, 5) is 18.8. The summed E-state index contributed by atoms with van der Waals surface area (Å²) in [6.45, 7) is 6.91. The Morgan fingerprint density at radius 3 is 2.92 bits per heavy atom. The maximum Gasteiger partial charge on any atom is 0.226 e. The Balaban J connectivity index is 1.79. The predicted octanol–water partition coefficient (Wildman–Crippen LogP) is 3.39. The van der Waals surface area contributed by atoms with E-state index in [2.05, 4.69) is 43.4 Å². The van der Waals surface area contributed by atoms with E-state index in [1.54, 1.807) is 7.05 Å². The van der Waals surface area contributed by atoms with Crippen LogP contribution in [-0.2, 0) is 4.79 Å². The van der Waals surface area contributed by atoms with Crippen molar-refractivity contribution in [3.63, 3.8) is 0 Å². The van der Waals surface area contributed by atoms with Gasteiger partial charge >= 0.3 is 0 Å². The Labute approximate surface area is 153 Å². The molecule has 132 valence electrons. The zero-order valence-electron chi connectivity index (χ0n) is 14.7. The lowest BCUT2D eigenvalue weighted by Gasteiger charge is -2.33. The number of hydrogen-bond acceptors (Lipinski definition) is 2. The maximum absolute atomic E-state index is 12.1. The third-order valence-electron chi connectivity index (χ3n) is 4.27. The quantitative estimate of drug-likeness (QED) is 0.607. The summed E-state index contributed by atoms with van der Waals surface area (Å²) in [6.07, 6.45) is 2.89. The minimum Gasteiger partial charge on any atom is -0.356 e. The summed E-state index contributed by atoms with van der Waals surface area (Å²) >= 11 is 3.43. The van der Waals surface area contributed by atoms with E-state index in [-0.39, 0.29) is 5.91 Å². The molecule has 0 spiro atoms. The molecular formula is C18H27BrN4O. The minimum absolute atomic E-state index is 0.00962. The van der Waals surface area contributed by atoms with Crippen LogP contribution in [0.2, 0.25) is 0 Å². The van der Waals surface area contributed by atoms with E-state index in [0.717, 1.165) is 34.8 Å². The van der Waals surface area contributed by atoms with Gasteiger partial charge in [-0.25, -0.2) is 0 Å². The molecule has 1 fully saturated rings. The molecule has 1 unspecified atom stereocenters. The summed E-state index contributed by atoms with van der Waals surface area (Å²) in [5.41, 5.74) is 1.90. The molecule has 0 bridgehead atoms. The van der Waals surface area contributed by atoms with Crippen LogP contribution < -0.4 is 10.6 Å². The summed E-state index contributed by atoms with van der Waals surface area (Å²) in [5, 5.41) is 6.27. The maximum atomic E-state index is 12.1. The molecule has 1 aromatic carbocycles. The van der Waals surface area contributed by atoms with Gasteiger partial charge in [0, 0.05) is 43.3 Å². The number of nitrogens with one attached hydrogen (secondary N) is 2. The number of piperidine rings is 1. The van der Waals surface area contributed by atoms with Crippen molar-refractivity contribution >= 4 is 33.5 Å². The topological polar surface area (TPSA) is 56.7 Å². The molecule has 1 aliphatic heterocycles. The first kappa shape index (κ1) is 18.8. The summed E-state index contributed by atoms with van der Waals surface area (Å²) < 4.78 is 1.01. The number of benzene rings is 1. The lowest BCUT2D eigenvalue weighted by atomic mass is 10.0. The molecule has 6 heteroatoms. The number of carbonyl (C=O) groups excluding carboxylic acids is 1. The second-order valence-electron chi connectivity index (χ2n) is 6.42. The molecule has 1 atom stereocenters. The van der Waals surface area contributed by atoms with Crippen molar-refractivity contribution < 1.29 is 4.79 Å². The van der Waals surface area contributed by atoms with E-state index in [1.807, 2.05) is 25.1 Å². The van der Waals surface area contributed by atoms with Gasteiger partial charge in [-0.2, -0.15) is 0 Å². The molecule has 0 aliphatic carbocycles. The molecule has 1 amide bonds. The Bertz CT molecular complexity index is 603. The smallest absolute Gasteiger partial charge is 0.226 e. The average molecular weight is 395 g/mol. The van der Waals surface area contributed by atoms with Crippen LogP contribution in [0.1, 0.15) is 31.7 Å². The highest BCUT2D eigenvalue weighted by Gasteiger charge is 2.19. The van der Waals surface area contributed by atoms with E-state index in [4.69, 9.17) is 0 Å². The first-order chi connectivity index (χ1) is 11.5. The number of amides is 1. The number of carbonyl (C=O) groups is 1. The number of likely N-dealkylation sites (tertiary alicyclic amines) is 1. The number of anilines is 1. The largest absolute Gasteiger partial charge is 0.356 e. The van der Waals surface area contributed by atoms with Gasteiger partial charge in [0.05, 0.1) is 0 Å². The van der Waals surface area contributed by atoms with Gasteiger partial charge < -0.3 is 15.5 Å². The van der Waals surface area contributed by atoms with E-state index in [0.29, 0.717) is 18.9 Å². The Kier molecular flexibility index (Phi) is 7.09. The number of nitrogens with zero attached hydrogens (tertiary/aromatic N) is 2. The molecule has 2 N–H and O–H groups in total. The van der Waals surface area contributed by atoms with Gasteiger partial charge in [0.15, 0.2) is 5.96 Å². The number of aryl methyl sites for hydroxylation is 1. The van der Waals surface area contributed by atoms with Gasteiger partial charge in [-0.15, -0.1) is 0 Å². The van der Waals surface area contributed by atoms with Gasteiger partial charge in [-0.1, -0.05) is 22.9 Å². The van der Waals surface area contributed by atoms with Crippen LogP contribution in [0, 0.1) is 12.8 Å². The van der Waals surface area contributed by atoms with E-state index >= 15 is 0 Å². The minimum atomic E-state index is 0.00962. The highest BCUT2D eigenvalue weighted by molar-refractivity contribution is 9.10. The molecule has 0 saturated carbocycles. The molecular weight excluding hydrogens is 368 g/mol. The van der Waals surface area contributed by atoms with Gasteiger partial charge in [0.25, 0.3) is 0 Å². The molecule has 2 rings (SSSR count). The normalized spacial score (nSPS) is 18.4. The molecule has 0 aromatic heterocycles. The third kappa shape index (κ3) is 5.51. The fraction of sp³-hybridized carbons (Fsp3) is 0.556. The number of rotatable bonds is 4. The summed E-state index contributed by atoms with van der Waals surface area (Å²) in [6, 6.07) is 5.84. The van der Waals surface area contributed by atoms with Crippen molar-refractivity contribution in [1.29, 1.82) is 0 Å². The van der Waals surface area contributed by atoms with E-state index in [1.165, 1.54) is 12.8 Å². The first-order valence-corrected chi connectivity index (χ1v) is 9.30. The summed E-state index contributed by atoms with van der Waals surface area (Å²) in [5.74, 6) is 1.60. The third-order valence-corrected chi connectivity index (χ3v) is 4.76. The monoisotopic (exact) mass is 394 g/mol. The van der Waals surface area contributed by atoms with Crippen molar-refractivity contribution in [2.75, 3.05) is 32.0 Å². The standard InChI is InChI=1S/C18H27BrN4O/c1-13-5-4-10-23(12-13)18(20-3)21-9-8-17(24)22-16-7-6-15(19)11-14(16)2/h6-7,11,13H,4-5,8-10,12H2,1-3H3,(H,20,21)(H,22,24). The predicted molar refractivity (Wildman–Crippen MR) is 103 cm³/mol. The lowest BCUT2D eigenvalue weighted by molar-refractivity contribution is -0.116. The van der Waals surface area contributed by atoms with E-state index in [9.17, 15) is 4.79 Å². The van der Waals surface area contributed by atoms with Crippen molar-refractivity contribution in [3.05, 3.63) is 28.2 Å². The first-order valence-electron chi connectivity index (χ1n) is 8.51. The van der Waals surface area contributed by atoms with Crippen LogP contribution in [0.25, 0.3) is 0 Å². The SMILES string of the molecule is CN=C(NCCC(=O)Nc1ccc(Br)cc1C)N1CCCC(C)C1. The van der Waals surface area contributed by atoms with Crippen molar-refractivity contribution in [1.82, 2.24) is 10.2 Å². The van der Waals surface area contributed by atoms with E-state index < -0.39 is 0 Å².